The van der Waals surface area contributed by atoms with Crippen molar-refractivity contribution in [3.05, 3.63) is 95.7 Å². The number of imide groups is 1. The Labute approximate surface area is 188 Å². The van der Waals surface area contributed by atoms with E-state index >= 15 is 0 Å². The lowest BCUT2D eigenvalue weighted by Gasteiger charge is -2.32. The lowest BCUT2D eigenvalue weighted by atomic mass is 9.98. The van der Waals surface area contributed by atoms with E-state index in [1.54, 1.807) is 0 Å². The van der Waals surface area contributed by atoms with Crippen molar-refractivity contribution >= 4 is 34.4 Å². The van der Waals surface area contributed by atoms with Crippen molar-refractivity contribution in [2.75, 3.05) is 35.3 Å². The molecule has 2 aliphatic rings. The molecular formula is C27H25N3O2. The van der Waals surface area contributed by atoms with Crippen LogP contribution in [-0.4, -0.2) is 32.5 Å². The van der Waals surface area contributed by atoms with E-state index in [2.05, 4.69) is 6.07 Å². The Morgan fingerprint density at radius 3 is 2.19 bits per heavy atom. The molecule has 32 heavy (non-hydrogen) atoms. The fraction of sp³-hybridized carbons (Fsp3) is 0.185. The molecule has 5 nitrogen and oxygen atoms in total. The second kappa shape index (κ2) is 8.00. The second-order valence-electron chi connectivity index (χ2n) is 8.33. The molecule has 0 fully saturated rings. The van der Waals surface area contributed by atoms with Gasteiger partial charge < -0.3 is 9.80 Å². The van der Waals surface area contributed by atoms with Gasteiger partial charge in [0.2, 0.25) is 0 Å². The minimum absolute atomic E-state index is 0.275. The summed E-state index contributed by atoms with van der Waals surface area (Å²) in [6.07, 6.45) is 1.90. The van der Waals surface area contributed by atoms with Crippen molar-refractivity contribution in [1.29, 1.82) is 0 Å². The quantitative estimate of drug-likeness (QED) is 0.580. The zero-order valence-corrected chi connectivity index (χ0v) is 18.3. The highest BCUT2D eigenvalue weighted by atomic mass is 16.2. The van der Waals surface area contributed by atoms with Crippen LogP contribution in [0, 0.1) is 0 Å². The highest BCUT2D eigenvalue weighted by Gasteiger charge is 2.43. The molecule has 0 aromatic heterocycles. The van der Waals surface area contributed by atoms with Crippen LogP contribution in [0.4, 0.5) is 17.1 Å². The summed E-state index contributed by atoms with van der Waals surface area (Å²) in [4.78, 5) is 32.9. The van der Waals surface area contributed by atoms with Gasteiger partial charge in [-0.05, 0) is 54.3 Å². The summed E-state index contributed by atoms with van der Waals surface area (Å²) >= 11 is 0. The summed E-state index contributed by atoms with van der Waals surface area (Å²) in [5.74, 6) is -0.556. The maximum Gasteiger partial charge on any atom is 0.282 e. The van der Waals surface area contributed by atoms with Gasteiger partial charge in [0.25, 0.3) is 11.8 Å². The summed E-state index contributed by atoms with van der Waals surface area (Å²) in [5, 5.41) is 0. The number of carbonyl (C=O) groups excluding carboxylic acids is 2. The molecule has 0 saturated carbocycles. The third-order valence-corrected chi connectivity index (χ3v) is 6.13. The molecule has 0 atom stereocenters. The van der Waals surface area contributed by atoms with Gasteiger partial charge in [-0.2, -0.15) is 0 Å². The zero-order chi connectivity index (χ0) is 22.2. The van der Waals surface area contributed by atoms with Gasteiger partial charge >= 0.3 is 0 Å². The fourth-order valence-electron chi connectivity index (χ4n) is 4.53. The predicted octanol–water partition coefficient (Wildman–Crippen LogP) is 4.49. The fourth-order valence-corrected chi connectivity index (χ4v) is 4.53. The number of hydrogen-bond donors (Lipinski definition) is 0. The van der Waals surface area contributed by atoms with Gasteiger partial charge in [0.05, 0.1) is 11.3 Å². The van der Waals surface area contributed by atoms with Crippen LogP contribution in [0.1, 0.15) is 17.5 Å². The number of aryl methyl sites for hydroxylation is 1. The third kappa shape index (κ3) is 3.26. The van der Waals surface area contributed by atoms with Crippen LogP contribution in [-0.2, 0) is 16.0 Å². The van der Waals surface area contributed by atoms with Crippen LogP contribution in [0.2, 0.25) is 0 Å². The summed E-state index contributed by atoms with van der Waals surface area (Å²) in [6, 6.07) is 25.2. The highest BCUT2D eigenvalue weighted by Crippen LogP contribution is 2.39. The molecule has 5 heteroatoms. The van der Waals surface area contributed by atoms with Crippen molar-refractivity contribution < 1.29 is 9.59 Å². The molecule has 160 valence electrons. The predicted molar refractivity (Wildman–Crippen MR) is 129 cm³/mol. The molecule has 5 rings (SSSR count). The molecule has 0 spiro atoms. The molecule has 2 heterocycles. The van der Waals surface area contributed by atoms with Gasteiger partial charge in [-0.25, -0.2) is 4.90 Å². The smallest absolute Gasteiger partial charge is 0.282 e. The number of fused-ring (bicyclic) bond motifs is 1. The molecule has 0 saturated heterocycles. The highest BCUT2D eigenvalue weighted by molar-refractivity contribution is 6.46. The van der Waals surface area contributed by atoms with Crippen molar-refractivity contribution in [2.24, 2.45) is 0 Å². The summed E-state index contributed by atoms with van der Waals surface area (Å²) in [6.45, 7) is 0.703. The van der Waals surface area contributed by atoms with Crippen LogP contribution in [0.5, 0.6) is 0 Å². The standard InChI is InChI=1S/C27H25N3O2/c1-28(2)21-14-16-22(17-15-21)30-26(31)24(20-10-4-3-5-11-20)25(27(30)32)29-18-8-12-19-9-6-7-13-23(19)29/h3-7,9-11,13-17H,8,12,18H2,1-2H3. The number of benzene rings is 3. The van der Waals surface area contributed by atoms with Gasteiger partial charge in [-0.15, -0.1) is 0 Å². The Hall–Kier alpha value is -3.86. The molecule has 2 aliphatic heterocycles. The third-order valence-electron chi connectivity index (χ3n) is 6.13. The van der Waals surface area contributed by atoms with Gasteiger partial charge in [-0.1, -0.05) is 48.5 Å². The van der Waals surface area contributed by atoms with Gasteiger partial charge in [0.1, 0.15) is 5.70 Å². The Balaban J connectivity index is 1.64. The van der Waals surface area contributed by atoms with Crippen molar-refractivity contribution in [3.63, 3.8) is 0 Å². The summed E-state index contributed by atoms with van der Waals surface area (Å²) in [7, 11) is 3.92. The molecule has 2 amide bonds. The maximum atomic E-state index is 13.8. The molecule has 0 bridgehead atoms. The number of para-hydroxylation sites is 1. The lowest BCUT2D eigenvalue weighted by Crippen LogP contribution is -2.37. The topological polar surface area (TPSA) is 43.9 Å². The van der Waals surface area contributed by atoms with E-state index in [1.807, 2.05) is 96.7 Å². The number of carbonyl (C=O) groups is 2. The number of amides is 2. The van der Waals surface area contributed by atoms with Crippen molar-refractivity contribution in [3.8, 4) is 0 Å². The summed E-state index contributed by atoms with van der Waals surface area (Å²) < 4.78 is 0. The van der Waals surface area contributed by atoms with E-state index in [1.165, 1.54) is 10.5 Å². The van der Waals surface area contributed by atoms with E-state index in [9.17, 15) is 9.59 Å². The Bertz CT molecular complexity index is 1210. The largest absolute Gasteiger partial charge is 0.378 e. The number of rotatable bonds is 4. The van der Waals surface area contributed by atoms with E-state index in [0.29, 0.717) is 23.5 Å². The van der Waals surface area contributed by atoms with Crippen LogP contribution >= 0.6 is 0 Å². The van der Waals surface area contributed by atoms with Crippen molar-refractivity contribution in [2.45, 2.75) is 12.8 Å². The van der Waals surface area contributed by atoms with E-state index < -0.39 is 0 Å². The first-order valence-electron chi connectivity index (χ1n) is 10.9. The summed E-state index contributed by atoms with van der Waals surface area (Å²) in [5.41, 5.74) is 5.49. The molecule has 0 radical (unpaired) electrons. The first-order valence-corrected chi connectivity index (χ1v) is 10.9. The van der Waals surface area contributed by atoms with E-state index in [4.69, 9.17) is 0 Å². The Kier molecular flexibility index (Phi) is 5.02. The van der Waals surface area contributed by atoms with Gasteiger partial charge in [0.15, 0.2) is 0 Å². The van der Waals surface area contributed by atoms with Crippen LogP contribution in [0.25, 0.3) is 5.57 Å². The molecule has 3 aromatic rings. The van der Waals surface area contributed by atoms with Crippen molar-refractivity contribution in [1.82, 2.24) is 0 Å². The van der Waals surface area contributed by atoms with E-state index in [-0.39, 0.29) is 11.8 Å². The SMILES string of the molecule is CN(C)c1ccc(N2C(=O)C(c3ccccc3)=C(N3CCCc4ccccc43)C2=O)cc1. The molecule has 0 aliphatic carbocycles. The van der Waals surface area contributed by atoms with Gasteiger partial charge in [-0.3, -0.25) is 9.59 Å². The van der Waals surface area contributed by atoms with E-state index in [0.717, 1.165) is 29.8 Å². The molecular weight excluding hydrogens is 398 g/mol. The average Bonchev–Trinajstić information content (AvgIpc) is 3.09. The number of nitrogens with zero attached hydrogens (tertiary/aromatic N) is 3. The first-order chi connectivity index (χ1) is 15.6. The molecule has 0 unspecified atom stereocenters. The molecule has 3 aromatic carbocycles. The monoisotopic (exact) mass is 423 g/mol. The number of hydrogen-bond acceptors (Lipinski definition) is 4. The Morgan fingerprint density at radius 2 is 1.47 bits per heavy atom. The normalized spacial score (nSPS) is 15.9. The van der Waals surface area contributed by atoms with Crippen LogP contribution < -0.4 is 14.7 Å². The number of anilines is 3. The van der Waals surface area contributed by atoms with Crippen LogP contribution in [0.15, 0.2) is 84.6 Å². The second-order valence-corrected chi connectivity index (χ2v) is 8.33. The van der Waals surface area contributed by atoms with Crippen LogP contribution in [0.3, 0.4) is 0 Å². The zero-order valence-electron chi connectivity index (χ0n) is 18.3. The average molecular weight is 424 g/mol. The molecule has 0 N–H and O–H groups in total. The maximum absolute atomic E-state index is 13.8. The lowest BCUT2D eigenvalue weighted by molar-refractivity contribution is -0.120. The first kappa shape index (κ1) is 20.1. The Morgan fingerprint density at radius 1 is 0.781 bits per heavy atom. The van der Waals surface area contributed by atoms with Gasteiger partial charge in [0, 0.05) is 32.0 Å². The minimum Gasteiger partial charge on any atom is -0.378 e. The minimum atomic E-state index is -0.281.